The summed E-state index contributed by atoms with van der Waals surface area (Å²) in [4.78, 5) is 11.8. The zero-order valence-corrected chi connectivity index (χ0v) is 10.4. The van der Waals surface area contributed by atoms with Crippen molar-refractivity contribution in [3.63, 3.8) is 0 Å². The van der Waals surface area contributed by atoms with Gasteiger partial charge in [-0.05, 0) is 30.9 Å². The molecule has 0 atom stereocenters. The summed E-state index contributed by atoms with van der Waals surface area (Å²) < 4.78 is 0. The van der Waals surface area contributed by atoms with Crippen LogP contribution in [0.4, 0.5) is 0 Å². The maximum atomic E-state index is 11.8. The monoisotopic (exact) mass is 239 g/mol. The van der Waals surface area contributed by atoms with E-state index in [-0.39, 0.29) is 5.91 Å². The number of unbranched alkanes of at least 4 members (excludes halogenated alkanes) is 1. The Bertz CT molecular complexity index is 338. The van der Waals surface area contributed by atoms with E-state index in [1.165, 1.54) is 0 Å². The Kier molecular flexibility index (Phi) is 5.94. The van der Waals surface area contributed by atoms with Gasteiger partial charge in [-0.1, -0.05) is 25.1 Å². The molecule has 0 fully saturated rings. The number of carbonyl (C=O) groups excluding carboxylic acids is 1. The molecule has 0 aliphatic heterocycles. The minimum atomic E-state index is 0.0204. The van der Waals surface area contributed by atoms with Crippen molar-refractivity contribution in [1.82, 2.24) is 5.32 Å². The van der Waals surface area contributed by atoms with Crippen molar-refractivity contribution in [2.75, 3.05) is 12.4 Å². The zero-order chi connectivity index (χ0) is 11.8. The summed E-state index contributed by atoms with van der Waals surface area (Å²) in [5, 5.41) is 2.91. The van der Waals surface area contributed by atoms with Gasteiger partial charge in [-0.25, -0.2) is 0 Å². The summed E-state index contributed by atoms with van der Waals surface area (Å²) in [5.74, 6) is 0.675. The number of hydrogen-bond acceptors (Lipinski definition) is 1. The molecule has 2 nitrogen and oxygen atoms in total. The summed E-state index contributed by atoms with van der Waals surface area (Å²) in [6.45, 7) is 2.75. The molecule has 88 valence electrons. The predicted octanol–water partition coefficient (Wildman–Crippen LogP) is 3.00. The van der Waals surface area contributed by atoms with E-state index in [9.17, 15) is 4.79 Å². The Hall–Kier alpha value is -1.02. The van der Waals surface area contributed by atoms with Gasteiger partial charge in [0.1, 0.15) is 0 Å². The number of aryl methyl sites for hydroxylation is 1. The quantitative estimate of drug-likeness (QED) is 0.600. The largest absolute Gasteiger partial charge is 0.352 e. The van der Waals surface area contributed by atoms with Crippen LogP contribution in [0.5, 0.6) is 0 Å². The first kappa shape index (κ1) is 13.0. The van der Waals surface area contributed by atoms with Crippen LogP contribution in [0.15, 0.2) is 24.3 Å². The molecule has 0 heterocycles. The molecule has 1 aromatic carbocycles. The van der Waals surface area contributed by atoms with Gasteiger partial charge in [0.05, 0.1) is 0 Å². The molecular formula is C13H18ClNO. The lowest BCUT2D eigenvalue weighted by Crippen LogP contribution is -2.25. The fourth-order valence-electron chi connectivity index (χ4n) is 1.57. The van der Waals surface area contributed by atoms with Gasteiger partial charge in [0, 0.05) is 18.0 Å². The van der Waals surface area contributed by atoms with Crippen molar-refractivity contribution in [2.45, 2.75) is 26.2 Å². The van der Waals surface area contributed by atoms with Gasteiger partial charge in [-0.15, -0.1) is 11.6 Å². The van der Waals surface area contributed by atoms with E-state index < -0.39 is 0 Å². The Labute approximate surface area is 102 Å². The third kappa shape index (κ3) is 3.86. The van der Waals surface area contributed by atoms with Crippen LogP contribution in [0.25, 0.3) is 0 Å². The van der Waals surface area contributed by atoms with Crippen LogP contribution in [-0.4, -0.2) is 18.3 Å². The first-order valence-electron chi connectivity index (χ1n) is 5.71. The molecule has 16 heavy (non-hydrogen) atoms. The highest BCUT2D eigenvalue weighted by atomic mass is 35.5. The van der Waals surface area contributed by atoms with Crippen LogP contribution < -0.4 is 5.32 Å². The molecule has 0 aliphatic rings. The molecular weight excluding hydrogens is 222 g/mol. The average molecular weight is 240 g/mol. The molecule has 0 bridgehead atoms. The van der Waals surface area contributed by atoms with Crippen molar-refractivity contribution in [3.8, 4) is 0 Å². The molecule has 1 aromatic rings. The van der Waals surface area contributed by atoms with Crippen LogP contribution in [-0.2, 0) is 6.42 Å². The SMILES string of the molecule is CCc1ccccc1C(=O)NCCCCCl. The van der Waals surface area contributed by atoms with E-state index in [0.29, 0.717) is 12.4 Å². The van der Waals surface area contributed by atoms with E-state index in [2.05, 4.69) is 12.2 Å². The molecule has 1 rings (SSSR count). The summed E-state index contributed by atoms with van der Waals surface area (Å²) in [6.07, 6.45) is 2.76. The minimum absolute atomic E-state index is 0.0204. The first-order chi connectivity index (χ1) is 7.79. The van der Waals surface area contributed by atoms with Crippen LogP contribution in [0.2, 0.25) is 0 Å². The highest BCUT2D eigenvalue weighted by Gasteiger charge is 2.08. The van der Waals surface area contributed by atoms with Crippen LogP contribution in [0, 0.1) is 0 Å². The van der Waals surface area contributed by atoms with E-state index in [0.717, 1.165) is 30.4 Å². The highest BCUT2D eigenvalue weighted by molar-refractivity contribution is 6.17. The fraction of sp³-hybridized carbons (Fsp3) is 0.462. The van der Waals surface area contributed by atoms with Gasteiger partial charge in [0.25, 0.3) is 5.91 Å². The number of alkyl halides is 1. The normalized spacial score (nSPS) is 10.1. The molecule has 0 radical (unpaired) electrons. The smallest absolute Gasteiger partial charge is 0.251 e. The number of hydrogen-bond donors (Lipinski definition) is 1. The molecule has 1 N–H and O–H groups in total. The standard InChI is InChI=1S/C13H18ClNO/c1-2-11-7-3-4-8-12(11)13(16)15-10-6-5-9-14/h3-4,7-8H,2,5-6,9-10H2,1H3,(H,15,16). The number of carbonyl (C=O) groups is 1. The molecule has 0 spiro atoms. The molecule has 0 saturated carbocycles. The molecule has 0 aliphatic carbocycles. The van der Waals surface area contributed by atoms with Crippen molar-refractivity contribution in [2.24, 2.45) is 0 Å². The molecule has 3 heteroatoms. The number of halogens is 1. The van der Waals surface area contributed by atoms with Crippen LogP contribution in [0.3, 0.4) is 0 Å². The predicted molar refractivity (Wildman–Crippen MR) is 68.1 cm³/mol. The minimum Gasteiger partial charge on any atom is -0.352 e. The molecule has 0 unspecified atom stereocenters. The van der Waals surface area contributed by atoms with E-state index >= 15 is 0 Å². The Balaban J connectivity index is 2.52. The highest BCUT2D eigenvalue weighted by Crippen LogP contribution is 2.09. The summed E-state index contributed by atoms with van der Waals surface area (Å²) in [7, 11) is 0. The maximum absolute atomic E-state index is 11.8. The molecule has 0 saturated heterocycles. The third-order valence-electron chi connectivity index (χ3n) is 2.49. The van der Waals surface area contributed by atoms with Gasteiger partial charge in [0.2, 0.25) is 0 Å². The Morgan fingerprint density at radius 2 is 2.06 bits per heavy atom. The van der Waals surface area contributed by atoms with Crippen molar-refractivity contribution in [1.29, 1.82) is 0 Å². The summed E-state index contributed by atoms with van der Waals surface area (Å²) in [5.41, 5.74) is 1.88. The number of rotatable bonds is 6. The summed E-state index contributed by atoms with van der Waals surface area (Å²) >= 11 is 5.57. The van der Waals surface area contributed by atoms with Gasteiger partial charge < -0.3 is 5.32 Å². The van der Waals surface area contributed by atoms with E-state index in [1.807, 2.05) is 24.3 Å². The molecule has 1 amide bonds. The number of amides is 1. The van der Waals surface area contributed by atoms with Crippen molar-refractivity contribution >= 4 is 17.5 Å². The van der Waals surface area contributed by atoms with Gasteiger partial charge in [-0.2, -0.15) is 0 Å². The van der Waals surface area contributed by atoms with Crippen molar-refractivity contribution in [3.05, 3.63) is 35.4 Å². The van der Waals surface area contributed by atoms with Gasteiger partial charge in [0.15, 0.2) is 0 Å². The van der Waals surface area contributed by atoms with Crippen LogP contribution >= 0.6 is 11.6 Å². The molecule has 0 aromatic heterocycles. The fourth-order valence-corrected chi connectivity index (χ4v) is 1.76. The third-order valence-corrected chi connectivity index (χ3v) is 2.76. The second-order valence-electron chi connectivity index (χ2n) is 3.66. The Morgan fingerprint density at radius 1 is 1.31 bits per heavy atom. The van der Waals surface area contributed by atoms with Gasteiger partial charge in [-0.3, -0.25) is 4.79 Å². The second-order valence-corrected chi connectivity index (χ2v) is 4.04. The van der Waals surface area contributed by atoms with Crippen LogP contribution in [0.1, 0.15) is 35.7 Å². The van der Waals surface area contributed by atoms with Crippen molar-refractivity contribution < 1.29 is 4.79 Å². The lowest BCUT2D eigenvalue weighted by atomic mass is 10.0. The number of benzene rings is 1. The lowest BCUT2D eigenvalue weighted by molar-refractivity contribution is 0.0952. The number of nitrogens with one attached hydrogen (secondary N) is 1. The van der Waals surface area contributed by atoms with E-state index in [1.54, 1.807) is 0 Å². The Morgan fingerprint density at radius 3 is 2.75 bits per heavy atom. The van der Waals surface area contributed by atoms with E-state index in [4.69, 9.17) is 11.6 Å². The average Bonchev–Trinajstić information content (AvgIpc) is 2.34. The topological polar surface area (TPSA) is 29.1 Å². The lowest BCUT2D eigenvalue weighted by Gasteiger charge is -2.08. The second kappa shape index (κ2) is 7.29. The zero-order valence-electron chi connectivity index (χ0n) is 9.63. The van der Waals surface area contributed by atoms with Gasteiger partial charge >= 0.3 is 0 Å². The first-order valence-corrected chi connectivity index (χ1v) is 6.25. The maximum Gasteiger partial charge on any atom is 0.251 e. The summed E-state index contributed by atoms with van der Waals surface area (Å²) in [6, 6.07) is 7.72.